The van der Waals surface area contributed by atoms with Crippen molar-refractivity contribution in [3.8, 4) is 0 Å². The second-order valence-electron chi connectivity index (χ2n) is 12.2. The van der Waals surface area contributed by atoms with Crippen molar-refractivity contribution in [2.24, 2.45) is 58.0 Å². The van der Waals surface area contributed by atoms with Gasteiger partial charge in [-0.15, -0.1) is 0 Å². The number of nitrogens with two attached hydrogens (primary N) is 1. The van der Waals surface area contributed by atoms with Crippen molar-refractivity contribution < 1.29 is 15.0 Å². The minimum absolute atomic E-state index is 0.185. The molecule has 0 aliphatic heterocycles. The highest BCUT2D eigenvalue weighted by molar-refractivity contribution is 5.71. The number of amides is 2. The summed E-state index contributed by atoms with van der Waals surface area (Å²) in [5.41, 5.74) is 5.81. The molecule has 31 heavy (non-hydrogen) atoms. The number of rotatable bonds is 5. The first-order valence-corrected chi connectivity index (χ1v) is 13.0. The predicted octanol–water partition coefficient (Wildman–Crippen LogP) is 4.31. The molecule has 0 saturated heterocycles. The van der Waals surface area contributed by atoms with Gasteiger partial charge in [0.15, 0.2) is 0 Å². The molecule has 5 N–H and O–H groups in total. The Morgan fingerprint density at radius 3 is 2.42 bits per heavy atom. The molecule has 5 heteroatoms. The van der Waals surface area contributed by atoms with Crippen LogP contribution < -0.4 is 11.1 Å². The summed E-state index contributed by atoms with van der Waals surface area (Å²) >= 11 is 0. The molecule has 178 valence electrons. The topological polar surface area (TPSA) is 95.6 Å². The summed E-state index contributed by atoms with van der Waals surface area (Å²) in [6, 6.07) is -0.431. The molecule has 5 nitrogen and oxygen atoms in total. The maximum Gasteiger partial charge on any atom is 0.312 e. The first-order chi connectivity index (χ1) is 14.6. The molecule has 0 aromatic carbocycles. The molecule has 0 radical (unpaired) electrons. The van der Waals surface area contributed by atoms with Crippen LogP contribution in [0.1, 0.15) is 85.5 Å². The zero-order chi connectivity index (χ0) is 22.6. The van der Waals surface area contributed by atoms with Crippen LogP contribution in [0.4, 0.5) is 4.79 Å². The van der Waals surface area contributed by atoms with Crippen molar-refractivity contribution >= 4 is 6.03 Å². The first-order valence-electron chi connectivity index (χ1n) is 13.0. The van der Waals surface area contributed by atoms with Crippen LogP contribution in [0.5, 0.6) is 0 Å². The SMILES string of the molecule is CC[C@@H]1C2C[C@H](O)CCC2(C)[C@H]2CCC3(C)[C@@H]([C@H](C)CCNC(N)=O)CC[C@H]3C2[C@@H]1O. The van der Waals surface area contributed by atoms with E-state index in [4.69, 9.17) is 5.73 Å². The number of hydrogen-bond acceptors (Lipinski definition) is 3. The zero-order valence-corrected chi connectivity index (χ0v) is 20.1. The molecule has 0 aromatic heterocycles. The molecule has 11 atom stereocenters. The number of carbonyl (C=O) groups is 1. The Bertz CT molecular complexity index is 671. The van der Waals surface area contributed by atoms with Crippen LogP contribution in [0.25, 0.3) is 0 Å². The van der Waals surface area contributed by atoms with Gasteiger partial charge in [0.2, 0.25) is 0 Å². The van der Waals surface area contributed by atoms with Crippen LogP contribution in [0.15, 0.2) is 0 Å². The number of aliphatic hydroxyl groups is 2. The fourth-order valence-electron chi connectivity index (χ4n) is 9.56. The van der Waals surface area contributed by atoms with Crippen molar-refractivity contribution in [3.05, 3.63) is 0 Å². The van der Waals surface area contributed by atoms with Gasteiger partial charge in [0, 0.05) is 6.54 Å². The minimum atomic E-state index is -0.431. The second kappa shape index (κ2) is 8.52. The average molecular weight is 435 g/mol. The van der Waals surface area contributed by atoms with Gasteiger partial charge in [-0.05, 0) is 104 Å². The third-order valence-electron chi connectivity index (χ3n) is 11.0. The van der Waals surface area contributed by atoms with Crippen LogP contribution in [0.2, 0.25) is 0 Å². The molecule has 0 heterocycles. The molecular weight excluding hydrogens is 388 g/mol. The molecule has 4 aliphatic rings. The van der Waals surface area contributed by atoms with Gasteiger partial charge in [0.25, 0.3) is 0 Å². The molecule has 4 aliphatic carbocycles. The Hall–Kier alpha value is -0.810. The van der Waals surface area contributed by atoms with Crippen molar-refractivity contribution in [3.63, 3.8) is 0 Å². The van der Waals surface area contributed by atoms with Crippen LogP contribution in [-0.4, -0.2) is 35.0 Å². The van der Waals surface area contributed by atoms with Gasteiger partial charge in [-0.3, -0.25) is 0 Å². The molecule has 4 fully saturated rings. The third kappa shape index (κ3) is 3.72. The van der Waals surface area contributed by atoms with Gasteiger partial charge >= 0.3 is 6.03 Å². The Kier molecular flexibility index (Phi) is 6.42. The highest BCUT2D eigenvalue weighted by Gasteiger charge is 2.64. The lowest BCUT2D eigenvalue weighted by Gasteiger charge is -2.64. The second-order valence-corrected chi connectivity index (χ2v) is 12.2. The monoisotopic (exact) mass is 434 g/mol. The summed E-state index contributed by atoms with van der Waals surface area (Å²) in [5.74, 6) is 3.56. The number of nitrogens with one attached hydrogen (secondary N) is 1. The molecule has 0 bridgehead atoms. The number of carbonyl (C=O) groups excluding carboxylic acids is 1. The summed E-state index contributed by atoms with van der Waals surface area (Å²) in [6.45, 7) is 10.3. The summed E-state index contributed by atoms with van der Waals surface area (Å²) in [4.78, 5) is 11.1. The minimum Gasteiger partial charge on any atom is -0.393 e. The van der Waals surface area contributed by atoms with E-state index in [1.54, 1.807) is 0 Å². The van der Waals surface area contributed by atoms with Crippen molar-refractivity contribution in [1.82, 2.24) is 5.32 Å². The van der Waals surface area contributed by atoms with Crippen molar-refractivity contribution in [2.45, 2.75) is 97.7 Å². The van der Waals surface area contributed by atoms with Gasteiger partial charge in [-0.2, -0.15) is 0 Å². The smallest absolute Gasteiger partial charge is 0.312 e. The van der Waals surface area contributed by atoms with E-state index in [1.807, 2.05) is 0 Å². The lowest BCUT2D eigenvalue weighted by atomic mass is 9.41. The average Bonchev–Trinajstić information content (AvgIpc) is 3.06. The van der Waals surface area contributed by atoms with E-state index in [2.05, 4.69) is 33.0 Å². The highest BCUT2D eigenvalue weighted by Crippen LogP contribution is 2.69. The van der Waals surface area contributed by atoms with Crippen LogP contribution >= 0.6 is 0 Å². The van der Waals surface area contributed by atoms with Crippen molar-refractivity contribution in [2.75, 3.05) is 6.54 Å². The largest absolute Gasteiger partial charge is 0.393 e. The van der Waals surface area contributed by atoms with Gasteiger partial charge in [0.05, 0.1) is 12.2 Å². The normalized spacial score (nSPS) is 50.1. The van der Waals surface area contributed by atoms with Gasteiger partial charge in [-0.25, -0.2) is 4.79 Å². The number of fused-ring (bicyclic) bond motifs is 5. The highest BCUT2D eigenvalue weighted by atomic mass is 16.3. The molecule has 0 aromatic rings. The summed E-state index contributed by atoms with van der Waals surface area (Å²) in [7, 11) is 0. The quantitative estimate of drug-likeness (QED) is 0.519. The van der Waals surface area contributed by atoms with E-state index >= 15 is 0 Å². The Morgan fingerprint density at radius 2 is 1.74 bits per heavy atom. The zero-order valence-electron chi connectivity index (χ0n) is 20.1. The maximum atomic E-state index is 11.7. The summed E-state index contributed by atoms with van der Waals surface area (Å²) < 4.78 is 0. The van der Waals surface area contributed by atoms with Crippen LogP contribution in [0, 0.1) is 52.3 Å². The summed E-state index contributed by atoms with van der Waals surface area (Å²) in [5, 5.41) is 25.0. The number of aliphatic hydroxyl groups excluding tert-OH is 2. The van der Waals surface area contributed by atoms with E-state index in [-0.39, 0.29) is 23.0 Å². The lowest BCUT2D eigenvalue weighted by Crippen LogP contribution is -2.62. The number of primary amides is 1. The van der Waals surface area contributed by atoms with Gasteiger partial charge < -0.3 is 21.3 Å². The van der Waals surface area contributed by atoms with E-state index < -0.39 is 6.03 Å². The van der Waals surface area contributed by atoms with E-state index in [1.165, 1.54) is 25.7 Å². The molecule has 4 saturated carbocycles. The van der Waals surface area contributed by atoms with E-state index in [0.29, 0.717) is 48.0 Å². The van der Waals surface area contributed by atoms with E-state index in [0.717, 1.165) is 32.1 Å². The molecule has 4 unspecified atom stereocenters. The van der Waals surface area contributed by atoms with Gasteiger partial charge in [0.1, 0.15) is 0 Å². The lowest BCUT2D eigenvalue weighted by molar-refractivity contribution is -0.203. The van der Waals surface area contributed by atoms with Crippen LogP contribution in [-0.2, 0) is 0 Å². The van der Waals surface area contributed by atoms with Crippen molar-refractivity contribution in [1.29, 1.82) is 0 Å². The van der Waals surface area contributed by atoms with Crippen LogP contribution in [0.3, 0.4) is 0 Å². The maximum absolute atomic E-state index is 11.7. The predicted molar refractivity (Wildman–Crippen MR) is 123 cm³/mol. The Morgan fingerprint density at radius 1 is 1.06 bits per heavy atom. The van der Waals surface area contributed by atoms with Gasteiger partial charge in [-0.1, -0.05) is 34.1 Å². The molecule has 4 rings (SSSR count). The Labute approximate surface area is 188 Å². The van der Waals surface area contributed by atoms with E-state index in [9.17, 15) is 15.0 Å². The first kappa shape index (κ1) is 23.4. The fourth-order valence-corrected chi connectivity index (χ4v) is 9.56. The third-order valence-corrected chi connectivity index (χ3v) is 11.0. The summed E-state index contributed by atoms with van der Waals surface area (Å²) in [6.07, 6.45) is 9.44. The standard InChI is InChI=1S/C26H46N2O3/c1-5-17-21-14-16(29)8-11-26(21,4)20-9-12-25(3)18(15(2)10-13-28-24(27)31)6-7-19(25)22(20)23(17)30/h15-23,29-30H,5-14H2,1-4H3,(H3,27,28,31)/t15-,16-,17-,18-,19+,20+,21?,22?,23-,25?,26?/m1/s1. The molecular formula is C26H46N2O3. The fraction of sp³-hybridized carbons (Fsp3) is 0.962. The molecule has 2 amide bonds. The number of hydrogen-bond donors (Lipinski definition) is 4. The number of urea groups is 1. The Balaban J connectivity index is 1.57. The molecule has 0 spiro atoms.